The van der Waals surface area contributed by atoms with Gasteiger partial charge in [-0.1, -0.05) is 31.5 Å². The molecule has 0 bridgehead atoms. The third kappa shape index (κ3) is 2.35. The van der Waals surface area contributed by atoms with Gasteiger partial charge in [-0.05, 0) is 24.8 Å². The highest BCUT2D eigenvalue weighted by Crippen LogP contribution is 2.40. The molecule has 21 heavy (non-hydrogen) atoms. The number of para-hydroxylation sites is 1. The smallest absolute Gasteiger partial charge is 0.307 e. The second-order valence-electron chi connectivity index (χ2n) is 5.91. The molecule has 2 N–H and O–H groups in total. The van der Waals surface area contributed by atoms with Crippen LogP contribution in [0.25, 0.3) is 10.9 Å². The zero-order chi connectivity index (χ0) is 15.0. The monoisotopic (exact) mass is 285 g/mol. The van der Waals surface area contributed by atoms with Crippen LogP contribution in [-0.2, 0) is 4.79 Å². The van der Waals surface area contributed by atoms with Crippen molar-refractivity contribution in [3.63, 3.8) is 0 Å². The third-order valence-corrected chi connectivity index (χ3v) is 4.75. The number of H-pyrrole nitrogens is 1. The molecule has 1 aromatic heterocycles. The van der Waals surface area contributed by atoms with E-state index in [0.717, 1.165) is 17.3 Å². The van der Waals surface area contributed by atoms with Crippen LogP contribution in [0.2, 0.25) is 0 Å². The zero-order valence-electron chi connectivity index (χ0n) is 12.0. The van der Waals surface area contributed by atoms with Crippen LogP contribution >= 0.6 is 0 Å². The molecule has 1 aromatic carbocycles. The number of aliphatic carboxylic acids is 1. The van der Waals surface area contributed by atoms with Gasteiger partial charge in [0.25, 0.3) is 0 Å². The van der Waals surface area contributed by atoms with Gasteiger partial charge in [0.15, 0.2) is 5.78 Å². The summed E-state index contributed by atoms with van der Waals surface area (Å²) in [7, 11) is 0. The minimum absolute atomic E-state index is 0.0317. The lowest BCUT2D eigenvalue weighted by Crippen LogP contribution is -2.25. The van der Waals surface area contributed by atoms with Crippen LogP contribution in [0.15, 0.2) is 30.5 Å². The molecule has 1 aliphatic carbocycles. The maximum absolute atomic E-state index is 12.8. The van der Waals surface area contributed by atoms with Crippen molar-refractivity contribution in [2.24, 2.45) is 17.8 Å². The largest absolute Gasteiger partial charge is 0.481 e. The van der Waals surface area contributed by atoms with E-state index in [1.807, 2.05) is 24.3 Å². The maximum Gasteiger partial charge on any atom is 0.307 e. The second-order valence-corrected chi connectivity index (χ2v) is 5.91. The molecule has 1 saturated carbocycles. The van der Waals surface area contributed by atoms with Gasteiger partial charge in [-0.2, -0.15) is 0 Å². The van der Waals surface area contributed by atoms with Crippen molar-refractivity contribution < 1.29 is 14.7 Å². The van der Waals surface area contributed by atoms with E-state index >= 15 is 0 Å². The highest BCUT2D eigenvalue weighted by Gasteiger charge is 2.42. The number of carbonyl (C=O) groups is 2. The summed E-state index contributed by atoms with van der Waals surface area (Å²) >= 11 is 0. The number of carbonyl (C=O) groups excluding carboxylic acids is 1. The highest BCUT2D eigenvalue weighted by atomic mass is 16.4. The summed E-state index contributed by atoms with van der Waals surface area (Å²) in [5.41, 5.74) is 1.54. The fourth-order valence-corrected chi connectivity index (χ4v) is 3.51. The predicted octanol–water partition coefficient (Wildman–Crippen LogP) is 3.49. The maximum atomic E-state index is 12.8. The van der Waals surface area contributed by atoms with E-state index in [4.69, 9.17) is 0 Å². The molecule has 0 aliphatic heterocycles. The molecule has 0 saturated heterocycles. The number of ketones is 1. The number of rotatable bonds is 4. The van der Waals surface area contributed by atoms with Crippen molar-refractivity contribution in [3.8, 4) is 0 Å². The summed E-state index contributed by atoms with van der Waals surface area (Å²) in [5, 5.41) is 10.3. The van der Waals surface area contributed by atoms with Crippen molar-refractivity contribution >= 4 is 22.7 Å². The molecule has 3 rings (SSSR count). The molecular formula is C17H19NO3. The molecule has 1 heterocycles. The Labute approximate surface area is 123 Å². The van der Waals surface area contributed by atoms with Crippen molar-refractivity contribution in [1.29, 1.82) is 0 Å². The van der Waals surface area contributed by atoms with Gasteiger partial charge in [-0.25, -0.2) is 0 Å². The van der Waals surface area contributed by atoms with Crippen molar-refractivity contribution in [3.05, 3.63) is 36.0 Å². The molecule has 110 valence electrons. The van der Waals surface area contributed by atoms with Crippen LogP contribution in [0.5, 0.6) is 0 Å². The number of benzene rings is 1. The summed E-state index contributed by atoms with van der Waals surface area (Å²) in [6.07, 6.45) is 3.95. The van der Waals surface area contributed by atoms with Crippen LogP contribution in [-0.4, -0.2) is 21.8 Å². The topological polar surface area (TPSA) is 70.2 Å². The first-order chi connectivity index (χ1) is 10.1. The van der Waals surface area contributed by atoms with Crippen LogP contribution < -0.4 is 0 Å². The Bertz CT molecular complexity index is 688. The standard InChI is InChI=1S/C17H19NO3/c1-2-10-7-12(13(8-10)17(20)21)16(19)14-9-18-15-6-4-3-5-11(14)15/h3-6,9-10,12-13,18H,2,7-8H2,1H3,(H,20,21). The molecule has 2 aromatic rings. The predicted molar refractivity (Wildman–Crippen MR) is 80.3 cm³/mol. The molecule has 4 nitrogen and oxygen atoms in total. The molecule has 3 atom stereocenters. The van der Waals surface area contributed by atoms with Crippen molar-refractivity contribution in [2.45, 2.75) is 26.2 Å². The number of hydrogen-bond donors (Lipinski definition) is 2. The first-order valence-corrected chi connectivity index (χ1v) is 7.45. The van der Waals surface area contributed by atoms with Gasteiger partial charge in [0.1, 0.15) is 0 Å². The minimum Gasteiger partial charge on any atom is -0.481 e. The lowest BCUT2D eigenvalue weighted by Gasteiger charge is -2.13. The SMILES string of the molecule is CCC1CC(C(=O)O)C(C(=O)c2c[nH]c3ccccc23)C1. The first-order valence-electron chi connectivity index (χ1n) is 7.45. The quantitative estimate of drug-likeness (QED) is 0.845. The molecular weight excluding hydrogens is 266 g/mol. The Balaban J connectivity index is 1.95. The average molecular weight is 285 g/mol. The Kier molecular flexibility index (Phi) is 3.53. The fraction of sp³-hybridized carbons (Fsp3) is 0.412. The number of carboxylic acid groups (broad SMARTS) is 1. The first kappa shape index (κ1) is 13.9. The van der Waals surface area contributed by atoms with Crippen LogP contribution in [0, 0.1) is 17.8 Å². The van der Waals surface area contributed by atoms with Crippen LogP contribution in [0.1, 0.15) is 36.5 Å². The minimum atomic E-state index is -0.843. The average Bonchev–Trinajstić information content (AvgIpc) is 3.10. The Morgan fingerprint density at radius 2 is 1.95 bits per heavy atom. The van der Waals surface area contributed by atoms with E-state index in [2.05, 4.69) is 11.9 Å². The van der Waals surface area contributed by atoms with E-state index in [0.29, 0.717) is 24.3 Å². The summed E-state index contributed by atoms with van der Waals surface area (Å²) < 4.78 is 0. The Morgan fingerprint density at radius 1 is 1.24 bits per heavy atom. The van der Waals surface area contributed by atoms with Gasteiger partial charge in [-0.15, -0.1) is 0 Å². The van der Waals surface area contributed by atoms with E-state index in [-0.39, 0.29) is 5.78 Å². The van der Waals surface area contributed by atoms with Gasteiger partial charge in [0.2, 0.25) is 0 Å². The number of aromatic nitrogens is 1. The van der Waals surface area contributed by atoms with Gasteiger partial charge in [0.05, 0.1) is 5.92 Å². The Morgan fingerprint density at radius 3 is 2.67 bits per heavy atom. The van der Waals surface area contributed by atoms with Crippen molar-refractivity contribution in [1.82, 2.24) is 4.98 Å². The van der Waals surface area contributed by atoms with Gasteiger partial charge < -0.3 is 10.1 Å². The van der Waals surface area contributed by atoms with E-state index in [1.54, 1.807) is 6.20 Å². The summed E-state index contributed by atoms with van der Waals surface area (Å²) in [6, 6.07) is 7.63. The lowest BCUT2D eigenvalue weighted by molar-refractivity contribution is -0.142. The number of nitrogens with one attached hydrogen (secondary N) is 1. The molecule has 0 spiro atoms. The van der Waals surface area contributed by atoms with Crippen molar-refractivity contribution in [2.75, 3.05) is 0 Å². The van der Waals surface area contributed by atoms with E-state index in [1.165, 1.54) is 0 Å². The fourth-order valence-electron chi connectivity index (χ4n) is 3.51. The molecule has 1 aliphatic rings. The number of aromatic amines is 1. The van der Waals surface area contributed by atoms with Crippen LogP contribution in [0.4, 0.5) is 0 Å². The number of fused-ring (bicyclic) bond motifs is 1. The third-order valence-electron chi connectivity index (χ3n) is 4.75. The van der Waals surface area contributed by atoms with E-state index < -0.39 is 17.8 Å². The molecule has 0 radical (unpaired) electrons. The summed E-state index contributed by atoms with van der Waals surface area (Å²) in [4.78, 5) is 27.4. The molecule has 0 amide bonds. The summed E-state index contributed by atoms with van der Waals surface area (Å²) in [6.45, 7) is 2.06. The van der Waals surface area contributed by atoms with Gasteiger partial charge >= 0.3 is 5.97 Å². The normalized spacial score (nSPS) is 25.3. The zero-order valence-corrected chi connectivity index (χ0v) is 12.0. The molecule has 3 unspecified atom stereocenters. The number of Topliss-reactive ketones (excluding diaryl/α,β-unsaturated/α-hetero) is 1. The molecule has 4 heteroatoms. The van der Waals surface area contributed by atoms with Gasteiger partial charge in [0, 0.05) is 28.6 Å². The Hall–Kier alpha value is -2.10. The van der Waals surface area contributed by atoms with Crippen LogP contribution in [0.3, 0.4) is 0 Å². The number of hydrogen-bond acceptors (Lipinski definition) is 2. The second kappa shape index (κ2) is 5.35. The van der Waals surface area contributed by atoms with Gasteiger partial charge in [-0.3, -0.25) is 9.59 Å². The number of carboxylic acids is 1. The van der Waals surface area contributed by atoms with E-state index in [9.17, 15) is 14.7 Å². The summed E-state index contributed by atoms with van der Waals surface area (Å²) in [5.74, 6) is -1.48. The lowest BCUT2D eigenvalue weighted by atomic mass is 9.88. The molecule has 1 fully saturated rings. The highest BCUT2D eigenvalue weighted by molar-refractivity contribution is 6.09.